The Morgan fingerprint density at radius 2 is 2.00 bits per heavy atom. The van der Waals surface area contributed by atoms with E-state index in [4.69, 9.17) is 4.74 Å². The molecular formula is C24H23FN2O2S. The molecule has 4 rings (SSSR count). The van der Waals surface area contributed by atoms with Gasteiger partial charge in [0.1, 0.15) is 16.6 Å². The molecule has 0 spiro atoms. The van der Waals surface area contributed by atoms with Crippen molar-refractivity contribution in [2.45, 2.75) is 26.2 Å². The summed E-state index contributed by atoms with van der Waals surface area (Å²) in [7, 11) is 1.58. The number of methoxy groups -OCH3 is 1. The summed E-state index contributed by atoms with van der Waals surface area (Å²) in [5.74, 6) is 0.734. The zero-order valence-corrected chi connectivity index (χ0v) is 17.8. The summed E-state index contributed by atoms with van der Waals surface area (Å²) < 4.78 is 18.5. The third-order valence-corrected chi connectivity index (χ3v) is 6.44. The van der Waals surface area contributed by atoms with E-state index < -0.39 is 0 Å². The molecule has 0 aliphatic heterocycles. The van der Waals surface area contributed by atoms with Gasteiger partial charge in [0.2, 0.25) is 0 Å². The number of nitrogens with zero attached hydrogens (tertiary/aromatic N) is 1. The van der Waals surface area contributed by atoms with Gasteiger partial charge in [-0.3, -0.25) is 4.79 Å². The molecule has 1 amide bonds. The zero-order chi connectivity index (χ0) is 21.1. The molecule has 154 valence electrons. The van der Waals surface area contributed by atoms with Gasteiger partial charge in [-0.25, -0.2) is 9.38 Å². The number of para-hydroxylation sites is 2. The average Bonchev–Trinajstić information content (AvgIpc) is 3.11. The summed E-state index contributed by atoms with van der Waals surface area (Å²) in [5, 5.41) is 3.68. The van der Waals surface area contributed by atoms with E-state index in [1.54, 1.807) is 36.8 Å². The van der Waals surface area contributed by atoms with Crippen molar-refractivity contribution in [2.75, 3.05) is 12.4 Å². The monoisotopic (exact) mass is 422 g/mol. The second-order valence-electron chi connectivity index (χ2n) is 7.50. The van der Waals surface area contributed by atoms with Crippen LogP contribution in [0.4, 0.5) is 15.1 Å². The number of benzene rings is 2. The van der Waals surface area contributed by atoms with Crippen LogP contribution in [0.25, 0.3) is 0 Å². The maximum absolute atomic E-state index is 13.3. The Hall–Kier alpha value is -2.99. The molecule has 1 aliphatic rings. The lowest BCUT2D eigenvalue weighted by molar-refractivity contribution is 0.102. The van der Waals surface area contributed by atoms with Crippen molar-refractivity contribution >= 4 is 34.1 Å². The van der Waals surface area contributed by atoms with E-state index in [1.165, 1.54) is 17.0 Å². The first kappa shape index (κ1) is 20.3. The molecule has 6 heteroatoms. The number of hydrogen-bond acceptors (Lipinski definition) is 4. The number of halogens is 1. The van der Waals surface area contributed by atoms with Crippen LogP contribution in [0.2, 0.25) is 0 Å². The van der Waals surface area contributed by atoms with Gasteiger partial charge in [-0.2, -0.15) is 0 Å². The Morgan fingerprint density at radius 3 is 2.77 bits per heavy atom. The molecule has 3 aromatic rings. The van der Waals surface area contributed by atoms with Crippen molar-refractivity contribution in [3.8, 4) is 5.75 Å². The Bertz CT molecular complexity index is 1090. The van der Waals surface area contributed by atoms with Crippen molar-refractivity contribution in [3.63, 3.8) is 0 Å². The van der Waals surface area contributed by atoms with Crippen LogP contribution in [0.1, 0.15) is 39.7 Å². The number of carbonyl (C=O) groups is 1. The number of hydrogen-bond donors (Lipinski definition) is 1. The zero-order valence-electron chi connectivity index (χ0n) is 16.9. The molecular weight excluding hydrogens is 399 g/mol. The van der Waals surface area contributed by atoms with Gasteiger partial charge in [0.25, 0.3) is 5.91 Å². The summed E-state index contributed by atoms with van der Waals surface area (Å²) in [5.41, 5.74) is 3.14. The lowest BCUT2D eigenvalue weighted by Gasteiger charge is -2.18. The number of carbonyl (C=O) groups excluding carboxylic acids is 1. The second-order valence-corrected chi connectivity index (χ2v) is 8.58. The molecule has 4 nitrogen and oxygen atoms in total. The van der Waals surface area contributed by atoms with Crippen molar-refractivity contribution in [3.05, 3.63) is 75.9 Å². The minimum atomic E-state index is -0.287. The molecule has 30 heavy (non-hydrogen) atoms. The number of amides is 1. The fourth-order valence-corrected chi connectivity index (χ4v) is 5.03. The minimum Gasteiger partial charge on any atom is -0.495 e. The molecule has 1 heterocycles. The predicted molar refractivity (Wildman–Crippen MR) is 120 cm³/mol. The van der Waals surface area contributed by atoms with Gasteiger partial charge in [0.15, 0.2) is 0 Å². The third-order valence-electron chi connectivity index (χ3n) is 5.28. The van der Waals surface area contributed by atoms with Crippen LogP contribution in [0.3, 0.4) is 0 Å². The number of aliphatic imine (C=N–C) groups is 1. The minimum absolute atomic E-state index is 0.183. The van der Waals surface area contributed by atoms with E-state index >= 15 is 0 Å². The highest BCUT2D eigenvalue weighted by molar-refractivity contribution is 7.16. The van der Waals surface area contributed by atoms with Crippen LogP contribution >= 0.6 is 11.3 Å². The van der Waals surface area contributed by atoms with Gasteiger partial charge < -0.3 is 10.1 Å². The van der Waals surface area contributed by atoms with Crippen molar-refractivity contribution in [2.24, 2.45) is 10.9 Å². The standard InChI is InChI=1S/C24H23FN2O2S/c1-15-7-12-18-21(13-15)30-24(26-14-16-8-10-17(25)11-9-16)22(18)23(28)27-19-5-3-4-6-20(19)29-2/h3-6,8-11,14-15H,7,12-13H2,1-2H3,(H,27,28)/b26-14+. The van der Waals surface area contributed by atoms with Crippen LogP contribution in [-0.4, -0.2) is 19.2 Å². The molecule has 1 N–H and O–H groups in total. The lowest BCUT2D eigenvalue weighted by atomic mass is 9.88. The fourth-order valence-electron chi connectivity index (χ4n) is 3.68. The van der Waals surface area contributed by atoms with E-state index in [9.17, 15) is 9.18 Å². The van der Waals surface area contributed by atoms with Gasteiger partial charge >= 0.3 is 0 Å². The van der Waals surface area contributed by atoms with Gasteiger partial charge in [-0.05, 0) is 60.6 Å². The summed E-state index contributed by atoms with van der Waals surface area (Å²) in [6.07, 6.45) is 4.56. The average molecular weight is 423 g/mol. The molecule has 0 radical (unpaired) electrons. The lowest BCUT2D eigenvalue weighted by Crippen LogP contribution is -2.17. The first-order valence-corrected chi connectivity index (χ1v) is 10.8. The van der Waals surface area contributed by atoms with Gasteiger partial charge in [0, 0.05) is 11.1 Å². The Balaban J connectivity index is 1.70. The quantitative estimate of drug-likeness (QED) is 0.511. The van der Waals surface area contributed by atoms with E-state index in [0.29, 0.717) is 27.9 Å². The van der Waals surface area contributed by atoms with E-state index in [0.717, 1.165) is 30.4 Å². The van der Waals surface area contributed by atoms with Crippen LogP contribution in [-0.2, 0) is 12.8 Å². The number of fused-ring (bicyclic) bond motifs is 1. The molecule has 1 aromatic heterocycles. The first-order valence-electron chi connectivity index (χ1n) is 9.93. The molecule has 1 unspecified atom stereocenters. The topological polar surface area (TPSA) is 50.7 Å². The van der Waals surface area contributed by atoms with E-state index in [-0.39, 0.29) is 11.7 Å². The number of anilines is 1. The number of nitrogens with one attached hydrogen (secondary N) is 1. The largest absolute Gasteiger partial charge is 0.495 e. The summed E-state index contributed by atoms with van der Waals surface area (Å²) >= 11 is 1.57. The summed E-state index contributed by atoms with van der Waals surface area (Å²) in [4.78, 5) is 19.1. The van der Waals surface area contributed by atoms with Gasteiger partial charge in [-0.15, -0.1) is 11.3 Å². The Kier molecular flexibility index (Phi) is 5.95. The molecule has 1 aliphatic carbocycles. The molecule has 0 saturated heterocycles. The van der Waals surface area contributed by atoms with Crippen molar-refractivity contribution in [1.29, 1.82) is 0 Å². The molecule has 0 saturated carbocycles. The summed E-state index contributed by atoms with van der Waals surface area (Å²) in [6, 6.07) is 13.5. The molecule has 0 bridgehead atoms. The number of thiophene rings is 1. The fraction of sp³-hybridized carbons (Fsp3) is 0.250. The number of rotatable bonds is 5. The van der Waals surface area contributed by atoms with E-state index in [1.807, 2.05) is 24.3 Å². The van der Waals surface area contributed by atoms with Crippen LogP contribution in [0.15, 0.2) is 53.5 Å². The second kappa shape index (κ2) is 8.79. The van der Waals surface area contributed by atoms with Crippen LogP contribution in [0, 0.1) is 11.7 Å². The Labute approximate surface area is 179 Å². The third kappa shape index (κ3) is 4.28. The maximum Gasteiger partial charge on any atom is 0.259 e. The van der Waals surface area contributed by atoms with E-state index in [2.05, 4.69) is 17.2 Å². The first-order chi connectivity index (χ1) is 14.5. The predicted octanol–water partition coefficient (Wildman–Crippen LogP) is 6.02. The van der Waals surface area contributed by atoms with Crippen molar-refractivity contribution in [1.82, 2.24) is 0 Å². The maximum atomic E-state index is 13.3. The highest BCUT2D eigenvalue weighted by atomic mass is 32.1. The highest BCUT2D eigenvalue weighted by Gasteiger charge is 2.27. The SMILES string of the molecule is COc1ccccc1NC(=O)c1c(/N=C/c2ccc(F)cc2)sc2c1CCC(C)C2. The number of ether oxygens (including phenoxy) is 1. The van der Waals surface area contributed by atoms with Gasteiger partial charge in [0.05, 0.1) is 18.4 Å². The molecule has 2 aromatic carbocycles. The normalized spacial score (nSPS) is 15.8. The summed E-state index contributed by atoms with van der Waals surface area (Å²) in [6.45, 7) is 2.23. The van der Waals surface area contributed by atoms with Gasteiger partial charge in [-0.1, -0.05) is 31.2 Å². The van der Waals surface area contributed by atoms with Crippen LogP contribution < -0.4 is 10.1 Å². The highest BCUT2D eigenvalue weighted by Crippen LogP contribution is 2.41. The molecule has 1 atom stereocenters. The van der Waals surface area contributed by atoms with Crippen molar-refractivity contribution < 1.29 is 13.9 Å². The smallest absolute Gasteiger partial charge is 0.259 e. The van der Waals surface area contributed by atoms with Crippen LogP contribution in [0.5, 0.6) is 5.75 Å². The Morgan fingerprint density at radius 1 is 1.23 bits per heavy atom. The molecule has 0 fully saturated rings.